The van der Waals surface area contributed by atoms with E-state index in [1.54, 1.807) is 10.4 Å². The molecule has 1 aliphatic carbocycles. The van der Waals surface area contributed by atoms with Crippen molar-refractivity contribution in [3.05, 3.63) is 41.1 Å². The number of hydrogen-bond acceptors (Lipinski definition) is 6. The van der Waals surface area contributed by atoms with Gasteiger partial charge in [0.1, 0.15) is 5.82 Å². The van der Waals surface area contributed by atoms with Gasteiger partial charge in [-0.25, -0.2) is 13.4 Å². The van der Waals surface area contributed by atoms with Crippen molar-refractivity contribution in [1.82, 2.24) is 14.3 Å². The summed E-state index contributed by atoms with van der Waals surface area (Å²) in [6.07, 6.45) is 6.79. The monoisotopic (exact) mass is 441 g/mol. The van der Waals surface area contributed by atoms with Gasteiger partial charge >= 0.3 is 0 Å². The second-order valence-corrected chi connectivity index (χ2v) is 10.8. The van der Waals surface area contributed by atoms with Crippen LogP contribution in [0.1, 0.15) is 42.5 Å². The van der Waals surface area contributed by atoms with Crippen LogP contribution in [0.2, 0.25) is 0 Å². The maximum Gasteiger partial charge on any atom is 0.243 e. The molecular formula is C23H31N5O2S. The number of rotatable bonds is 4. The van der Waals surface area contributed by atoms with Crippen LogP contribution in [0.5, 0.6) is 0 Å². The van der Waals surface area contributed by atoms with Crippen LogP contribution in [0.25, 0.3) is 0 Å². The molecule has 5 rings (SSSR count). The number of hydrogen-bond donors (Lipinski definition) is 0. The highest BCUT2D eigenvalue weighted by Crippen LogP contribution is 2.27. The van der Waals surface area contributed by atoms with Crippen molar-refractivity contribution in [2.75, 3.05) is 49.1 Å². The normalized spacial score (nSPS) is 20.2. The van der Waals surface area contributed by atoms with Gasteiger partial charge in [0.2, 0.25) is 16.0 Å². The van der Waals surface area contributed by atoms with Gasteiger partial charge < -0.3 is 9.80 Å². The Morgan fingerprint density at radius 1 is 0.774 bits per heavy atom. The fraction of sp³-hybridized carbons (Fsp3) is 0.565. The largest absolute Gasteiger partial charge is 0.356 e. The highest BCUT2D eigenvalue weighted by Gasteiger charge is 2.30. The number of anilines is 2. The molecule has 8 heteroatoms. The lowest BCUT2D eigenvalue weighted by Gasteiger charge is -2.34. The highest BCUT2D eigenvalue weighted by molar-refractivity contribution is 7.89. The van der Waals surface area contributed by atoms with E-state index in [1.165, 1.54) is 30.4 Å². The van der Waals surface area contributed by atoms with Crippen LogP contribution < -0.4 is 9.80 Å². The summed E-state index contributed by atoms with van der Waals surface area (Å²) >= 11 is 0. The van der Waals surface area contributed by atoms with Gasteiger partial charge in [-0.1, -0.05) is 6.07 Å². The number of piperazine rings is 1. The predicted molar refractivity (Wildman–Crippen MR) is 122 cm³/mol. The van der Waals surface area contributed by atoms with Crippen LogP contribution in [0, 0.1) is 6.92 Å². The zero-order chi connectivity index (χ0) is 21.4. The quantitative estimate of drug-likeness (QED) is 0.727. The third-order valence-electron chi connectivity index (χ3n) is 6.74. The van der Waals surface area contributed by atoms with E-state index in [2.05, 4.69) is 14.8 Å². The second kappa shape index (κ2) is 8.39. The summed E-state index contributed by atoms with van der Waals surface area (Å²) in [5.74, 6) is 1.71. The van der Waals surface area contributed by atoms with Gasteiger partial charge in [-0.3, -0.25) is 0 Å². The fourth-order valence-electron chi connectivity index (χ4n) is 4.93. The fourth-order valence-corrected chi connectivity index (χ4v) is 6.41. The van der Waals surface area contributed by atoms with E-state index in [0.29, 0.717) is 37.0 Å². The standard InChI is InChI=1S/C23H31N5O2S/c1-18-16-22(26-10-4-5-11-26)25-23(24-18)27-12-14-28(15-13-27)31(29,30)21-9-8-19-6-2-3-7-20(19)17-21/h8-9,16-17H,2-7,10-15H2,1H3. The lowest BCUT2D eigenvalue weighted by atomic mass is 9.92. The first-order chi connectivity index (χ1) is 15.0. The molecule has 0 bridgehead atoms. The van der Waals surface area contributed by atoms with Gasteiger partial charge in [0.25, 0.3) is 0 Å². The molecule has 0 radical (unpaired) electrons. The molecule has 3 heterocycles. The molecule has 7 nitrogen and oxygen atoms in total. The van der Waals surface area contributed by atoms with Gasteiger partial charge in [-0.2, -0.15) is 9.29 Å². The first kappa shape index (κ1) is 20.7. The number of nitrogens with zero attached hydrogens (tertiary/aromatic N) is 5. The van der Waals surface area contributed by atoms with E-state index < -0.39 is 10.0 Å². The van der Waals surface area contributed by atoms with E-state index in [-0.39, 0.29) is 0 Å². The lowest BCUT2D eigenvalue weighted by molar-refractivity contribution is 0.382. The van der Waals surface area contributed by atoms with E-state index in [0.717, 1.165) is 43.9 Å². The van der Waals surface area contributed by atoms with Crippen LogP contribution in [-0.4, -0.2) is 62.0 Å². The number of aryl methyl sites for hydroxylation is 3. The Balaban J connectivity index is 1.30. The Morgan fingerprint density at radius 2 is 1.48 bits per heavy atom. The minimum atomic E-state index is -3.47. The topological polar surface area (TPSA) is 69.6 Å². The van der Waals surface area contributed by atoms with E-state index in [9.17, 15) is 8.42 Å². The van der Waals surface area contributed by atoms with E-state index >= 15 is 0 Å². The van der Waals surface area contributed by atoms with Crippen LogP contribution in [0.15, 0.2) is 29.2 Å². The van der Waals surface area contributed by atoms with Crippen LogP contribution in [0.3, 0.4) is 0 Å². The summed E-state index contributed by atoms with van der Waals surface area (Å²) in [4.78, 5) is 14.3. The lowest BCUT2D eigenvalue weighted by Crippen LogP contribution is -2.49. The molecule has 0 unspecified atom stereocenters. The molecule has 1 aromatic heterocycles. The van der Waals surface area contributed by atoms with Crippen molar-refractivity contribution in [3.8, 4) is 0 Å². The second-order valence-electron chi connectivity index (χ2n) is 8.89. The maximum absolute atomic E-state index is 13.3. The Labute approximate surface area is 185 Å². The summed E-state index contributed by atoms with van der Waals surface area (Å²) < 4.78 is 28.2. The number of benzene rings is 1. The molecule has 0 saturated carbocycles. The molecular weight excluding hydrogens is 410 g/mol. The summed E-state index contributed by atoms with van der Waals surface area (Å²) in [5, 5.41) is 0. The third-order valence-corrected chi connectivity index (χ3v) is 8.63. The third kappa shape index (κ3) is 4.15. The molecule has 3 aliphatic rings. The Morgan fingerprint density at radius 3 is 2.23 bits per heavy atom. The van der Waals surface area contributed by atoms with Crippen molar-refractivity contribution in [3.63, 3.8) is 0 Å². The molecule has 1 aromatic carbocycles. The molecule has 2 saturated heterocycles. The highest BCUT2D eigenvalue weighted by atomic mass is 32.2. The summed E-state index contributed by atoms with van der Waals surface area (Å²) in [5.41, 5.74) is 3.46. The van der Waals surface area contributed by atoms with Crippen molar-refractivity contribution < 1.29 is 8.42 Å². The zero-order valence-corrected chi connectivity index (χ0v) is 19.1. The van der Waals surface area contributed by atoms with Crippen molar-refractivity contribution >= 4 is 21.8 Å². The van der Waals surface area contributed by atoms with Crippen LogP contribution >= 0.6 is 0 Å². The molecule has 2 fully saturated rings. The van der Waals surface area contributed by atoms with Crippen molar-refractivity contribution in [1.29, 1.82) is 0 Å². The van der Waals surface area contributed by atoms with Gasteiger partial charge in [0.05, 0.1) is 4.90 Å². The Kier molecular flexibility index (Phi) is 5.60. The molecule has 0 spiro atoms. The minimum absolute atomic E-state index is 0.435. The van der Waals surface area contributed by atoms with Crippen LogP contribution in [-0.2, 0) is 22.9 Å². The van der Waals surface area contributed by atoms with Crippen molar-refractivity contribution in [2.24, 2.45) is 0 Å². The first-order valence-corrected chi connectivity index (χ1v) is 12.9. The van der Waals surface area contributed by atoms with Gasteiger partial charge in [0, 0.05) is 51.0 Å². The van der Waals surface area contributed by atoms with Crippen molar-refractivity contribution in [2.45, 2.75) is 50.3 Å². The summed E-state index contributed by atoms with van der Waals surface area (Å²) in [7, 11) is -3.47. The first-order valence-electron chi connectivity index (χ1n) is 11.5. The Bertz CT molecular complexity index is 1060. The molecule has 0 atom stereocenters. The molecule has 166 valence electrons. The molecule has 31 heavy (non-hydrogen) atoms. The van der Waals surface area contributed by atoms with E-state index in [1.807, 2.05) is 25.1 Å². The Hall–Kier alpha value is -2.19. The van der Waals surface area contributed by atoms with Crippen LogP contribution in [0.4, 0.5) is 11.8 Å². The molecule has 0 amide bonds. The predicted octanol–water partition coefficient (Wildman–Crippen LogP) is 2.77. The average molecular weight is 442 g/mol. The molecule has 2 aliphatic heterocycles. The molecule has 2 aromatic rings. The van der Waals surface area contributed by atoms with Gasteiger partial charge in [0.15, 0.2) is 0 Å². The number of aromatic nitrogens is 2. The summed E-state index contributed by atoms with van der Waals surface area (Å²) in [6.45, 7) is 6.21. The maximum atomic E-state index is 13.3. The van der Waals surface area contributed by atoms with Gasteiger partial charge in [-0.15, -0.1) is 0 Å². The van der Waals surface area contributed by atoms with Gasteiger partial charge in [-0.05, 0) is 68.7 Å². The summed E-state index contributed by atoms with van der Waals surface area (Å²) in [6, 6.07) is 7.75. The minimum Gasteiger partial charge on any atom is -0.356 e. The number of sulfonamides is 1. The number of fused-ring (bicyclic) bond motifs is 1. The molecule has 0 N–H and O–H groups in total. The van der Waals surface area contributed by atoms with E-state index in [4.69, 9.17) is 4.98 Å². The SMILES string of the molecule is Cc1cc(N2CCCC2)nc(N2CCN(S(=O)(=O)c3ccc4c(c3)CCCC4)CC2)n1. The smallest absolute Gasteiger partial charge is 0.243 e. The average Bonchev–Trinajstić information content (AvgIpc) is 3.33. The zero-order valence-electron chi connectivity index (χ0n) is 18.3.